The molecule has 1 unspecified atom stereocenters. The van der Waals surface area contributed by atoms with E-state index in [1.54, 1.807) is 6.92 Å². The minimum atomic E-state index is -4.44. The van der Waals surface area contributed by atoms with Gasteiger partial charge in [-0.25, -0.2) is 4.79 Å². The second-order valence-electron chi connectivity index (χ2n) is 4.20. The molecule has 0 aromatic heterocycles. The third-order valence-electron chi connectivity index (χ3n) is 2.37. The summed E-state index contributed by atoms with van der Waals surface area (Å²) in [6.45, 7) is 1.88. The van der Waals surface area contributed by atoms with E-state index < -0.39 is 17.8 Å². The van der Waals surface area contributed by atoms with E-state index in [0.29, 0.717) is 0 Å². The number of amides is 2. The molecule has 0 aliphatic rings. The number of alkyl halides is 3. The van der Waals surface area contributed by atoms with Crippen LogP contribution in [0.15, 0.2) is 24.3 Å². The van der Waals surface area contributed by atoms with E-state index in [1.165, 1.54) is 12.1 Å². The Morgan fingerprint density at radius 1 is 1.42 bits per heavy atom. The topological polar surface area (TPSA) is 61.4 Å². The zero-order chi connectivity index (χ0) is 14.5. The van der Waals surface area contributed by atoms with Crippen LogP contribution in [0.2, 0.25) is 0 Å². The summed E-state index contributed by atoms with van der Waals surface area (Å²) in [5.74, 6) is -0.118. The number of rotatable bonds is 4. The molecule has 0 radical (unpaired) electrons. The van der Waals surface area contributed by atoms with Gasteiger partial charge in [0.05, 0.1) is 5.56 Å². The lowest BCUT2D eigenvalue weighted by atomic mass is 10.2. The Kier molecular flexibility index (Phi) is 5.17. The van der Waals surface area contributed by atoms with Crippen molar-refractivity contribution in [1.29, 1.82) is 0 Å². The first kappa shape index (κ1) is 15.3. The van der Waals surface area contributed by atoms with Gasteiger partial charge in [-0.15, -0.1) is 0 Å². The molecule has 0 saturated heterocycles. The van der Waals surface area contributed by atoms with Gasteiger partial charge in [0, 0.05) is 18.8 Å². The molecule has 3 N–H and O–H groups in total. The van der Waals surface area contributed by atoms with Crippen LogP contribution in [0.5, 0.6) is 0 Å². The number of carbonyl (C=O) groups excluding carboxylic acids is 1. The summed E-state index contributed by atoms with van der Waals surface area (Å²) in [5.41, 5.74) is -0.766. The summed E-state index contributed by atoms with van der Waals surface area (Å²) in [4.78, 5) is 11.4. The van der Waals surface area contributed by atoms with E-state index in [2.05, 4.69) is 10.6 Å². The average Bonchev–Trinajstić information content (AvgIpc) is 2.35. The molecular formula is C12H15F3N2O2. The predicted molar refractivity (Wildman–Crippen MR) is 64.7 cm³/mol. The molecule has 0 spiro atoms. The molecule has 1 atom stereocenters. The molecule has 1 aromatic carbocycles. The standard InChI is InChI=1S/C12H15F3N2O2/c1-8(7-18)6-16-11(19)17-10-4-2-3-9(5-10)12(13,14)15/h2-5,8,18H,6-7H2,1H3,(H2,16,17,19). The molecule has 4 nitrogen and oxygen atoms in total. The molecule has 0 aliphatic heterocycles. The summed E-state index contributed by atoms with van der Waals surface area (Å²) in [7, 11) is 0. The lowest BCUT2D eigenvalue weighted by Crippen LogP contribution is -2.33. The van der Waals surface area contributed by atoms with Crippen molar-refractivity contribution in [2.24, 2.45) is 5.92 Å². The Balaban J connectivity index is 2.60. The van der Waals surface area contributed by atoms with Gasteiger partial charge in [0.15, 0.2) is 0 Å². The number of hydrogen-bond acceptors (Lipinski definition) is 2. The quantitative estimate of drug-likeness (QED) is 0.791. The van der Waals surface area contributed by atoms with Gasteiger partial charge in [-0.05, 0) is 24.1 Å². The highest BCUT2D eigenvalue weighted by Crippen LogP contribution is 2.30. The number of carbonyl (C=O) groups is 1. The van der Waals surface area contributed by atoms with E-state index in [0.717, 1.165) is 12.1 Å². The number of halogens is 3. The first-order chi connectivity index (χ1) is 8.82. The Morgan fingerprint density at radius 2 is 2.11 bits per heavy atom. The van der Waals surface area contributed by atoms with Crippen molar-refractivity contribution in [3.05, 3.63) is 29.8 Å². The smallest absolute Gasteiger partial charge is 0.396 e. The SMILES string of the molecule is CC(CO)CNC(=O)Nc1cccc(C(F)(F)F)c1. The maximum absolute atomic E-state index is 12.4. The van der Waals surface area contributed by atoms with Crippen LogP contribution >= 0.6 is 0 Å². The molecule has 0 aliphatic carbocycles. The number of urea groups is 1. The molecule has 106 valence electrons. The summed E-state index contributed by atoms with van der Waals surface area (Å²) in [6, 6.07) is 3.75. The highest BCUT2D eigenvalue weighted by atomic mass is 19.4. The fourth-order valence-electron chi connectivity index (χ4n) is 1.28. The maximum Gasteiger partial charge on any atom is 0.416 e. The van der Waals surface area contributed by atoms with Gasteiger partial charge >= 0.3 is 12.2 Å². The van der Waals surface area contributed by atoms with Crippen LogP contribution in [-0.2, 0) is 6.18 Å². The molecule has 1 aromatic rings. The van der Waals surface area contributed by atoms with Crippen LogP contribution in [-0.4, -0.2) is 24.3 Å². The predicted octanol–water partition coefficient (Wildman–Crippen LogP) is 2.46. The fraction of sp³-hybridized carbons (Fsp3) is 0.417. The molecule has 0 saturated carbocycles. The largest absolute Gasteiger partial charge is 0.416 e. The molecule has 0 heterocycles. The zero-order valence-electron chi connectivity index (χ0n) is 10.3. The van der Waals surface area contributed by atoms with Gasteiger partial charge in [0.25, 0.3) is 0 Å². The number of nitrogens with one attached hydrogen (secondary N) is 2. The van der Waals surface area contributed by atoms with E-state index in [4.69, 9.17) is 5.11 Å². The summed E-state index contributed by atoms with van der Waals surface area (Å²) in [6.07, 6.45) is -4.44. The van der Waals surface area contributed by atoms with Crippen LogP contribution in [0.25, 0.3) is 0 Å². The van der Waals surface area contributed by atoms with Gasteiger partial charge in [0.2, 0.25) is 0 Å². The van der Waals surface area contributed by atoms with Crippen molar-refractivity contribution < 1.29 is 23.1 Å². The highest BCUT2D eigenvalue weighted by molar-refractivity contribution is 5.89. The second kappa shape index (κ2) is 6.42. The summed E-state index contributed by atoms with van der Waals surface area (Å²) < 4.78 is 37.3. The van der Waals surface area contributed by atoms with Crippen molar-refractivity contribution in [3.63, 3.8) is 0 Å². The molecular weight excluding hydrogens is 261 g/mol. The first-order valence-corrected chi connectivity index (χ1v) is 5.66. The normalized spacial score (nSPS) is 12.9. The first-order valence-electron chi connectivity index (χ1n) is 5.66. The van der Waals surface area contributed by atoms with Crippen LogP contribution < -0.4 is 10.6 Å². The Morgan fingerprint density at radius 3 is 2.68 bits per heavy atom. The van der Waals surface area contributed by atoms with E-state index in [-0.39, 0.29) is 24.8 Å². The lowest BCUT2D eigenvalue weighted by Gasteiger charge is -2.12. The van der Waals surface area contributed by atoms with E-state index in [1.807, 2.05) is 0 Å². The minimum Gasteiger partial charge on any atom is -0.396 e. The summed E-state index contributed by atoms with van der Waals surface area (Å²) >= 11 is 0. The number of anilines is 1. The van der Waals surface area contributed by atoms with Crippen LogP contribution in [0.4, 0.5) is 23.7 Å². The monoisotopic (exact) mass is 276 g/mol. The molecule has 0 bridgehead atoms. The van der Waals surface area contributed by atoms with Gasteiger partial charge < -0.3 is 15.7 Å². The molecule has 7 heteroatoms. The third kappa shape index (κ3) is 5.17. The van der Waals surface area contributed by atoms with Crippen LogP contribution in [0.3, 0.4) is 0 Å². The maximum atomic E-state index is 12.4. The molecule has 1 rings (SSSR count). The van der Waals surface area contributed by atoms with Crippen molar-refractivity contribution in [2.45, 2.75) is 13.1 Å². The fourth-order valence-corrected chi connectivity index (χ4v) is 1.28. The molecule has 2 amide bonds. The average molecular weight is 276 g/mol. The van der Waals surface area contributed by atoms with Gasteiger partial charge in [0.1, 0.15) is 0 Å². The number of hydrogen-bond donors (Lipinski definition) is 3. The summed E-state index contributed by atoms with van der Waals surface area (Å²) in [5, 5.41) is 13.5. The van der Waals surface area contributed by atoms with E-state index in [9.17, 15) is 18.0 Å². The van der Waals surface area contributed by atoms with E-state index >= 15 is 0 Å². The number of benzene rings is 1. The minimum absolute atomic E-state index is 0.0592. The van der Waals surface area contributed by atoms with Crippen LogP contribution in [0, 0.1) is 5.92 Å². The third-order valence-corrected chi connectivity index (χ3v) is 2.37. The van der Waals surface area contributed by atoms with Gasteiger partial charge in [-0.3, -0.25) is 0 Å². The second-order valence-corrected chi connectivity index (χ2v) is 4.20. The number of aliphatic hydroxyl groups is 1. The van der Waals surface area contributed by atoms with Gasteiger partial charge in [-0.1, -0.05) is 13.0 Å². The Labute approximate surface area is 108 Å². The Hall–Kier alpha value is -1.76. The zero-order valence-corrected chi connectivity index (χ0v) is 10.3. The van der Waals surface area contributed by atoms with Crippen LogP contribution in [0.1, 0.15) is 12.5 Å². The van der Waals surface area contributed by atoms with Crippen molar-refractivity contribution in [3.8, 4) is 0 Å². The highest BCUT2D eigenvalue weighted by Gasteiger charge is 2.30. The molecule has 19 heavy (non-hydrogen) atoms. The number of aliphatic hydroxyl groups excluding tert-OH is 1. The van der Waals surface area contributed by atoms with Gasteiger partial charge in [-0.2, -0.15) is 13.2 Å². The van der Waals surface area contributed by atoms with Crippen molar-refractivity contribution >= 4 is 11.7 Å². The lowest BCUT2D eigenvalue weighted by molar-refractivity contribution is -0.137. The Bertz CT molecular complexity index is 435. The molecule has 0 fully saturated rings. The van der Waals surface area contributed by atoms with Crippen molar-refractivity contribution in [2.75, 3.05) is 18.5 Å². The van der Waals surface area contributed by atoms with Crippen molar-refractivity contribution in [1.82, 2.24) is 5.32 Å².